The minimum absolute atomic E-state index is 0.0705. The summed E-state index contributed by atoms with van der Waals surface area (Å²) in [5.74, 6) is -1.16. The van der Waals surface area contributed by atoms with E-state index in [2.05, 4.69) is 0 Å². The van der Waals surface area contributed by atoms with Crippen LogP contribution in [0.2, 0.25) is 0 Å². The highest BCUT2D eigenvalue weighted by molar-refractivity contribution is 5.90. The smallest absolute Gasteiger partial charge is 0.411 e. The Kier molecular flexibility index (Phi) is 5.11. The van der Waals surface area contributed by atoms with Crippen LogP contribution in [0, 0.1) is 0 Å². The van der Waals surface area contributed by atoms with Crippen molar-refractivity contribution in [1.29, 1.82) is 0 Å². The maximum atomic E-state index is 12.2. The molecule has 2 N–H and O–H groups in total. The zero-order valence-electron chi connectivity index (χ0n) is 14.0. The van der Waals surface area contributed by atoms with Crippen molar-refractivity contribution < 1.29 is 23.9 Å². The van der Waals surface area contributed by atoms with Gasteiger partial charge >= 0.3 is 12.1 Å². The number of carbonyl (C=O) groups is 3. The minimum atomic E-state index is -0.853. The Morgan fingerprint density at radius 1 is 1.17 bits per heavy atom. The Balaban J connectivity index is 2.05. The first-order valence-electron chi connectivity index (χ1n) is 7.72. The summed E-state index contributed by atoms with van der Waals surface area (Å²) < 4.78 is 10.7. The fraction of sp³-hybridized carbons (Fsp3) is 0.471. The number of esters is 1. The van der Waals surface area contributed by atoms with Crippen molar-refractivity contribution in [2.24, 2.45) is 5.73 Å². The van der Waals surface area contributed by atoms with Crippen LogP contribution in [0.4, 0.5) is 4.79 Å². The van der Waals surface area contributed by atoms with Crippen molar-refractivity contribution >= 4 is 18.0 Å². The van der Waals surface area contributed by atoms with E-state index in [-0.39, 0.29) is 13.0 Å². The molecular formula is C17H22N2O5. The van der Waals surface area contributed by atoms with E-state index in [1.54, 1.807) is 51.1 Å². The van der Waals surface area contributed by atoms with Crippen molar-refractivity contribution in [3.63, 3.8) is 0 Å². The number of hydrogen-bond donors (Lipinski definition) is 1. The van der Waals surface area contributed by atoms with E-state index in [1.165, 1.54) is 4.90 Å². The SMILES string of the molecule is CC(C)(C)OC(=O)N1CC(OC(=O)c2ccccc2)CC1C(N)=O. The Hall–Kier alpha value is -2.57. The second-order valence-corrected chi connectivity index (χ2v) is 6.68. The van der Waals surface area contributed by atoms with Crippen LogP contribution in [0.15, 0.2) is 30.3 Å². The Morgan fingerprint density at radius 3 is 2.33 bits per heavy atom. The monoisotopic (exact) mass is 334 g/mol. The fourth-order valence-electron chi connectivity index (χ4n) is 2.47. The van der Waals surface area contributed by atoms with Crippen LogP contribution in [-0.4, -0.2) is 47.2 Å². The van der Waals surface area contributed by atoms with Gasteiger partial charge in [-0.25, -0.2) is 9.59 Å². The maximum absolute atomic E-state index is 12.2. The van der Waals surface area contributed by atoms with Crippen LogP contribution in [0.5, 0.6) is 0 Å². The first-order valence-corrected chi connectivity index (χ1v) is 7.72. The first kappa shape index (κ1) is 17.8. The maximum Gasteiger partial charge on any atom is 0.411 e. The standard InChI is InChI=1S/C17H22N2O5/c1-17(2,3)24-16(22)19-10-12(9-13(19)14(18)20)23-15(21)11-7-5-4-6-8-11/h4-8,12-13H,9-10H2,1-3H3,(H2,18,20). The van der Waals surface area contributed by atoms with E-state index in [4.69, 9.17) is 15.2 Å². The Labute approximate surface area is 140 Å². The van der Waals surface area contributed by atoms with Gasteiger partial charge in [-0.05, 0) is 32.9 Å². The number of benzene rings is 1. The lowest BCUT2D eigenvalue weighted by atomic mass is 10.2. The highest BCUT2D eigenvalue weighted by Gasteiger charge is 2.42. The highest BCUT2D eigenvalue weighted by atomic mass is 16.6. The lowest BCUT2D eigenvalue weighted by Gasteiger charge is -2.26. The van der Waals surface area contributed by atoms with Crippen LogP contribution >= 0.6 is 0 Å². The molecule has 0 aromatic heterocycles. The van der Waals surface area contributed by atoms with Gasteiger partial charge in [0.25, 0.3) is 0 Å². The third-order valence-corrected chi connectivity index (χ3v) is 3.50. The molecule has 1 saturated heterocycles. The summed E-state index contributed by atoms with van der Waals surface area (Å²) in [6.07, 6.45) is -1.10. The van der Waals surface area contributed by atoms with Gasteiger partial charge in [-0.2, -0.15) is 0 Å². The van der Waals surface area contributed by atoms with Crippen LogP contribution < -0.4 is 5.73 Å². The van der Waals surface area contributed by atoms with Crippen molar-refractivity contribution in [1.82, 2.24) is 4.90 Å². The van der Waals surface area contributed by atoms with E-state index in [9.17, 15) is 14.4 Å². The quantitative estimate of drug-likeness (QED) is 0.848. The molecule has 0 saturated carbocycles. The van der Waals surface area contributed by atoms with E-state index in [0.717, 1.165) is 0 Å². The number of rotatable bonds is 3. The molecule has 2 unspecified atom stereocenters. The largest absolute Gasteiger partial charge is 0.457 e. The van der Waals surface area contributed by atoms with Gasteiger partial charge in [0, 0.05) is 6.42 Å². The average Bonchev–Trinajstić information content (AvgIpc) is 2.90. The molecule has 1 aromatic carbocycles. The molecule has 7 heteroatoms. The number of amides is 2. The molecule has 0 aliphatic carbocycles. The van der Waals surface area contributed by atoms with Gasteiger partial charge < -0.3 is 15.2 Å². The van der Waals surface area contributed by atoms with Crippen LogP contribution in [-0.2, 0) is 14.3 Å². The second-order valence-electron chi connectivity index (χ2n) is 6.68. The molecule has 1 aliphatic heterocycles. The lowest BCUT2D eigenvalue weighted by Crippen LogP contribution is -2.45. The zero-order valence-corrected chi connectivity index (χ0v) is 14.0. The molecule has 0 spiro atoms. The molecule has 24 heavy (non-hydrogen) atoms. The molecule has 0 radical (unpaired) electrons. The van der Waals surface area contributed by atoms with Gasteiger partial charge in [0.15, 0.2) is 0 Å². The number of ether oxygens (including phenoxy) is 2. The third-order valence-electron chi connectivity index (χ3n) is 3.50. The molecular weight excluding hydrogens is 312 g/mol. The van der Waals surface area contributed by atoms with Gasteiger partial charge in [-0.15, -0.1) is 0 Å². The number of hydrogen-bond acceptors (Lipinski definition) is 5. The molecule has 1 aliphatic rings. The van der Waals surface area contributed by atoms with Crippen molar-refractivity contribution in [2.45, 2.75) is 44.9 Å². The van der Waals surface area contributed by atoms with E-state index >= 15 is 0 Å². The number of primary amides is 1. The van der Waals surface area contributed by atoms with Crippen LogP contribution in [0.25, 0.3) is 0 Å². The normalized spacial score (nSPS) is 20.5. The van der Waals surface area contributed by atoms with Gasteiger partial charge in [-0.1, -0.05) is 18.2 Å². The molecule has 7 nitrogen and oxygen atoms in total. The van der Waals surface area contributed by atoms with Gasteiger partial charge in [0.05, 0.1) is 12.1 Å². The number of carbonyl (C=O) groups excluding carboxylic acids is 3. The molecule has 1 heterocycles. The molecule has 2 amide bonds. The lowest BCUT2D eigenvalue weighted by molar-refractivity contribution is -0.122. The molecule has 0 bridgehead atoms. The molecule has 1 aromatic rings. The predicted octanol–water partition coefficient (Wildman–Crippen LogP) is 1.71. The summed E-state index contributed by atoms with van der Waals surface area (Å²) in [4.78, 5) is 37.2. The van der Waals surface area contributed by atoms with Gasteiger partial charge in [-0.3, -0.25) is 9.69 Å². The number of nitrogens with two attached hydrogens (primary N) is 1. The van der Waals surface area contributed by atoms with Crippen molar-refractivity contribution in [3.05, 3.63) is 35.9 Å². The summed E-state index contributed by atoms with van der Waals surface area (Å²) in [5.41, 5.74) is 5.07. The predicted molar refractivity (Wildman–Crippen MR) is 86.2 cm³/mol. The number of nitrogens with zero attached hydrogens (tertiary/aromatic N) is 1. The Bertz CT molecular complexity index is 624. The van der Waals surface area contributed by atoms with Gasteiger partial charge in [0.1, 0.15) is 17.7 Å². The fourth-order valence-corrected chi connectivity index (χ4v) is 2.47. The zero-order chi connectivity index (χ0) is 17.9. The molecule has 1 fully saturated rings. The Morgan fingerprint density at radius 2 is 1.79 bits per heavy atom. The summed E-state index contributed by atoms with van der Waals surface area (Å²) in [7, 11) is 0. The van der Waals surface area contributed by atoms with E-state index < -0.39 is 35.7 Å². The molecule has 2 rings (SSSR count). The molecule has 130 valence electrons. The molecule has 2 atom stereocenters. The van der Waals surface area contributed by atoms with Crippen molar-refractivity contribution in [3.8, 4) is 0 Å². The second kappa shape index (κ2) is 6.90. The van der Waals surface area contributed by atoms with Crippen LogP contribution in [0.3, 0.4) is 0 Å². The van der Waals surface area contributed by atoms with Crippen LogP contribution in [0.1, 0.15) is 37.6 Å². The topological polar surface area (TPSA) is 98.9 Å². The third kappa shape index (κ3) is 4.47. The summed E-state index contributed by atoms with van der Waals surface area (Å²) in [5, 5.41) is 0. The summed E-state index contributed by atoms with van der Waals surface area (Å²) in [6.45, 7) is 5.26. The van der Waals surface area contributed by atoms with E-state index in [1.807, 2.05) is 0 Å². The van der Waals surface area contributed by atoms with Crippen molar-refractivity contribution in [2.75, 3.05) is 6.54 Å². The van der Waals surface area contributed by atoms with E-state index in [0.29, 0.717) is 5.56 Å². The summed E-state index contributed by atoms with van der Waals surface area (Å²) in [6, 6.07) is 7.66. The number of likely N-dealkylation sites (tertiary alicyclic amines) is 1. The minimum Gasteiger partial charge on any atom is -0.457 e. The highest BCUT2D eigenvalue weighted by Crippen LogP contribution is 2.24. The summed E-state index contributed by atoms with van der Waals surface area (Å²) >= 11 is 0. The average molecular weight is 334 g/mol. The first-order chi connectivity index (χ1) is 11.2. The van der Waals surface area contributed by atoms with Gasteiger partial charge in [0.2, 0.25) is 5.91 Å².